The van der Waals surface area contributed by atoms with Crippen LogP contribution in [0.5, 0.6) is 11.5 Å². The summed E-state index contributed by atoms with van der Waals surface area (Å²) in [5, 5.41) is 4.82. The summed E-state index contributed by atoms with van der Waals surface area (Å²) in [6, 6.07) is 13.4. The molecule has 0 aliphatic rings. The van der Waals surface area contributed by atoms with Gasteiger partial charge in [0.05, 0.1) is 12.8 Å². The van der Waals surface area contributed by atoms with E-state index < -0.39 is 35.0 Å². The Morgan fingerprint density at radius 2 is 1.55 bits per heavy atom. The summed E-state index contributed by atoms with van der Waals surface area (Å²) < 4.78 is 50.3. The lowest BCUT2D eigenvalue weighted by Crippen LogP contribution is -2.20. The lowest BCUT2D eigenvalue weighted by atomic mass is 10.2. The van der Waals surface area contributed by atoms with Crippen LogP contribution < -0.4 is 20.1 Å². The Morgan fingerprint density at radius 1 is 0.839 bits per heavy atom. The number of benzene rings is 3. The Hall–Kier alpha value is -4.01. The van der Waals surface area contributed by atoms with Gasteiger partial charge in [0.25, 0.3) is 11.8 Å². The molecule has 0 bridgehead atoms. The van der Waals surface area contributed by atoms with Crippen LogP contribution in [0.3, 0.4) is 0 Å². The third-order valence-corrected chi connectivity index (χ3v) is 4.10. The molecule has 0 saturated carbocycles. The van der Waals surface area contributed by atoms with Crippen molar-refractivity contribution in [3.63, 3.8) is 0 Å². The van der Waals surface area contributed by atoms with Crippen molar-refractivity contribution < 1.29 is 32.2 Å². The van der Waals surface area contributed by atoms with E-state index in [4.69, 9.17) is 9.47 Å². The standard InChI is InChI=1S/C22H17F3N2O4/c1-30-16-4-2-3-14(9-16)26-21(28)12-31-15-7-5-13(6-8-15)22(29)27-20-11-18(24)17(23)10-19(20)25/h2-11H,12H2,1H3,(H,26,28)(H,27,29). The van der Waals surface area contributed by atoms with E-state index >= 15 is 0 Å². The zero-order valence-electron chi connectivity index (χ0n) is 16.2. The molecule has 0 aliphatic carbocycles. The first kappa shape index (κ1) is 21.7. The van der Waals surface area contributed by atoms with E-state index in [9.17, 15) is 22.8 Å². The normalized spacial score (nSPS) is 10.3. The number of hydrogen-bond donors (Lipinski definition) is 2. The molecule has 0 fully saturated rings. The number of carbonyl (C=O) groups is 2. The molecule has 0 aliphatic heterocycles. The SMILES string of the molecule is COc1cccc(NC(=O)COc2ccc(C(=O)Nc3cc(F)c(F)cc3F)cc2)c1. The number of ether oxygens (including phenoxy) is 2. The number of nitrogens with one attached hydrogen (secondary N) is 2. The van der Waals surface area contributed by atoms with E-state index in [0.29, 0.717) is 29.3 Å². The summed E-state index contributed by atoms with van der Waals surface area (Å²) in [5.41, 5.74) is 0.181. The Kier molecular flexibility index (Phi) is 6.76. The van der Waals surface area contributed by atoms with Crippen molar-refractivity contribution in [2.45, 2.75) is 0 Å². The van der Waals surface area contributed by atoms with E-state index in [-0.39, 0.29) is 12.2 Å². The molecular formula is C22H17F3N2O4. The van der Waals surface area contributed by atoms with Crippen LogP contribution in [0.15, 0.2) is 60.7 Å². The third-order valence-electron chi connectivity index (χ3n) is 4.10. The number of halogens is 3. The average molecular weight is 430 g/mol. The minimum absolute atomic E-state index is 0.123. The first-order chi connectivity index (χ1) is 14.9. The molecule has 3 aromatic rings. The van der Waals surface area contributed by atoms with E-state index in [1.807, 2.05) is 0 Å². The lowest BCUT2D eigenvalue weighted by Gasteiger charge is -2.10. The Balaban J connectivity index is 1.55. The van der Waals surface area contributed by atoms with E-state index in [1.54, 1.807) is 24.3 Å². The number of hydrogen-bond acceptors (Lipinski definition) is 4. The molecule has 0 heterocycles. The van der Waals surface area contributed by atoms with Gasteiger partial charge >= 0.3 is 0 Å². The van der Waals surface area contributed by atoms with Gasteiger partial charge < -0.3 is 20.1 Å². The number of anilines is 2. The van der Waals surface area contributed by atoms with Crippen LogP contribution in [0.2, 0.25) is 0 Å². The number of methoxy groups -OCH3 is 1. The first-order valence-corrected chi connectivity index (χ1v) is 8.98. The average Bonchev–Trinajstić information content (AvgIpc) is 2.76. The molecule has 2 N–H and O–H groups in total. The van der Waals surface area contributed by atoms with Gasteiger partial charge in [-0.2, -0.15) is 0 Å². The van der Waals surface area contributed by atoms with Gasteiger partial charge in [-0.25, -0.2) is 13.2 Å². The Morgan fingerprint density at radius 3 is 2.26 bits per heavy atom. The minimum Gasteiger partial charge on any atom is -0.497 e. The molecule has 3 aromatic carbocycles. The summed E-state index contributed by atoms with van der Waals surface area (Å²) in [6.07, 6.45) is 0. The second-order valence-electron chi connectivity index (χ2n) is 6.29. The van der Waals surface area contributed by atoms with Gasteiger partial charge in [0.15, 0.2) is 18.2 Å². The van der Waals surface area contributed by atoms with Crippen molar-refractivity contribution in [3.8, 4) is 11.5 Å². The maximum Gasteiger partial charge on any atom is 0.262 e. The molecule has 0 spiro atoms. The molecule has 0 unspecified atom stereocenters. The summed E-state index contributed by atoms with van der Waals surface area (Å²) >= 11 is 0. The molecular weight excluding hydrogens is 413 g/mol. The van der Waals surface area contributed by atoms with Gasteiger partial charge in [-0.05, 0) is 36.4 Å². The molecule has 9 heteroatoms. The van der Waals surface area contributed by atoms with Crippen LogP contribution in [0.25, 0.3) is 0 Å². The highest BCUT2D eigenvalue weighted by Gasteiger charge is 2.14. The zero-order chi connectivity index (χ0) is 22.4. The predicted molar refractivity (Wildman–Crippen MR) is 108 cm³/mol. The molecule has 2 amide bonds. The number of rotatable bonds is 7. The topological polar surface area (TPSA) is 76.7 Å². The maximum atomic E-state index is 13.7. The van der Waals surface area contributed by atoms with Gasteiger partial charge in [0.2, 0.25) is 0 Å². The molecule has 3 rings (SSSR count). The highest BCUT2D eigenvalue weighted by molar-refractivity contribution is 6.04. The highest BCUT2D eigenvalue weighted by Crippen LogP contribution is 2.20. The largest absolute Gasteiger partial charge is 0.497 e. The van der Waals surface area contributed by atoms with Gasteiger partial charge in [0, 0.05) is 29.4 Å². The number of amides is 2. The van der Waals surface area contributed by atoms with Crippen LogP contribution in [0, 0.1) is 17.5 Å². The van der Waals surface area contributed by atoms with Crippen molar-refractivity contribution >= 4 is 23.2 Å². The monoisotopic (exact) mass is 430 g/mol. The summed E-state index contributed by atoms with van der Waals surface area (Å²) in [5.74, 6) is -3.96. The van der Waals surface area contributed by atoms with Crippen LogP contribution in [0.4, 0.5) is 24.5 Å². The van der Waals surface area contributed by atoms with Crippen molar-refractivity contribution in [3.05, 3.63) is 83.7 Å². The van der Waals surface area contributed by atoms with Crippen LogP contribution >= 0.6 is 0 Å². The van der Waals surface area contributed by atoms with Gasteiger partial charge in [-0.15, -0.1) is 0 Å². The Labute approximate surface area is 175 Å². The summed E-state index contributed by atoms with van der Waals surface area (Å²) in [4.78, 5) is 24.2. The molecule has 160 valence electrons. The van der Waals surface area contributed by atoms with Crippen molar-refractivity contribution in [1.82, 2.24) is 0 Å². The van der Waals surface area contributed by atoms with Gasteiger partial charge in [0.1, 0.15) is 17.3 Å². The Bertz CT molecular complexity index is 1100. The third kappa shape index (κ3) is 5.75. The van der Waals surface area contributed by atoms with E-state index in [1.165, 1.54) is 31.4 Å². The fourth-order valence-corrected chi connectivity index (χ4v) is 2.56. The molecule has 0 saturated heterocycles. The quantitative estimate of drug-likeness (QED) is 0.546. The van der Waals surface area contributed by atoms with Crippen LogP contribution in [-0.4, -0.2) is 25.5 Å². The fraction of sp³-hybridized carbons (Fsp3) is 0.0909. The minimum atomic E-state index is -1.35. The zero-order valence-corrected chi connectivity index (χ0v) is 16.2. The maximum absolute atomic E-state index is 13.7. The van der Waals surface area contributed by atoms with Crippen LogP contribution in [-0.2, 0) is 4.79 Å². The van der Waals surface area contributed by atoms with Gasteiger partial charge in [-0.3, -0.25) is 9.59 Å². The lowest BCUT2D eigenvalue weighted by molar-refractivity contribution is -0.118. The number of carbonyl (C=O) groups excluding carboxylic acids is 2. The smallest absolute Gasteiger partial charge is 0.262 e. The van der Waals surface area contributed by atoms with Crippen molar-refractivity contribution in [1.29, 1.82) is 0 Å². The molecule has 6 nitrogen and oxygen atoms in total. The predicted octanol–water partition coefficient (Wildman–Crippen LogP) is 4.38. The van der Waals surface area contributed by atoms with Crippen molar-refractivity contribution in [2.75, 3.05) is 24.4 Å². The molecule has 31 heavy (non-hydrogen) atoms. The van der Waals surface area contributed by atoms with Crippen LogP contribution in [0.1, 0.15) is 10.4 Å². The van der Waals surface area contributed by atoms with E-state index in [2.05, 4.69) is 10.6 Å². The van der Waals surface area contributed by atoms with E-state index in [0.717, 1.165) is 0 Å². The first-order valence-electron chi connectivity index (χ1n) is 8.98. The molecule has 0 radical (unpaired) electrons. The molecule has 0 aromatic heterocycles. The van der Waals surface area contributed by atoms with Crippen molar-refractivity contribution in [2.24, 2.45) is 0 Å². The summed E-state index contributed by atoms with van der Waals surface area (Å²) in [6.45, 7) is -0.275. The second kappa shape index (κ2) is 9.66. The fourth-order valence-electron chi connectivity index (χ4n) is 2.56. The molecule has 0 atom stereocenters. The summed E-state index contributed by atoms with van der Waals surface area (Å²) in [7, 11) is 1.52. The highest BCUT2D eigenvalue weighted by atomic mass is 19.2. The second-order valence-corrected chi connectivity index (χ2v) is 6.29. The van der Waals surface area contributed by atoms with Gasteiger partial charge in [-0.1, -0.05) is 6.07 Å².